The molecule has 0 unspecified atom stereocenters. The standard InChI is InChI=1S/C19H34N2Si/c1-8-13-20(14-9-2)17-12-19(22(5,6)7)18-21(15-10-3)16-11-4/h8-12H,1-4,13-18H2,5-7H3/b19-12-. The summed E-state index contributed by atoms with van der Waals surface area (Å²) in [6.07, 6.45) is 10.2. The van der Waals surface area contributed by atoms with E-state index in [1.165, 1.54) is 0 Å². The highest BCUT2D eigenvalue weighted by Gasteiger charge is 2.21. The van der Waals surface area contributed by atoms with Gasteiger partial charge in [0.1, 0.15) is 0 Å². The van der Waals surface area contributed by atoms with Crippen molar-refractivity contribution >= 4 is 8.07 Å². The van der Waals surface area contributed by atoms with Crippen molar-refractivity contribution in [2.24, 2.45) is 0 Å². The third kappa shape index (κ3) is 8.98. The lowest BCUT2D eigenvalue weighted by Crippen LogP contribution is -2.36. The first-order valence-corrected chi connectivity index (χ1v) is 11.5. The Morgan fingerprint density at radius 2 is 1.14 bits per heavy atom. The van der Waals surface area contributed by atoms with Crippen molar-refractivity contribution in [1.82, 2.24) is 9.80 Å². The summed E-state index contributed by atoms with van der Waals surface area (Å²) >= 11 is 0. The summed E-state index contributed by atoms with van der Waals surface area (Å²) in [5.74, 6) is 0. The summed E-state index contributed by atoms with van der Waals surface area (Å²) < 4.78 is 0. The van der Waals surface area contributed by atoms with Crippen molar-refractivity contribution in [2.75, 3.05) is 39.3 Å². The molecule has 0 aliphatic heterocycles. The van der Waals surface area contributed by atoms with E-state index >= 15 is 0 Å². The molecule has 0 saturated heterocycles. The van der Waals surface area contributed by atoms with Crippen LogP contribution in [0.15, 0.2) is 61.9 Å². The monoisotopic (exact) mass is 318 g/mol. The molecule has 0 aromatic heterocycles. The van der Waals surface area contributed by atoms with Crippen LogP contribution < -0.4 is 0 Å². The first-order valence-electron chi connectivity index (χ1n) is 7.96. The largest absolute Gasteiger partial charge is 0.293 e. The van der Waals surface area contributed by atoms with Crippen LogP contribution in [0.3, 0.4) is 0 Å². The van der Waals surface area contributed by atoms with Gasteiger partial charge in [-0.05, 0) is 0 Å². The molecule has 2 nitrogen and oxygen atoms in total. The van der Waals surface area contributed by atoms with Crippen LogP contribution in [0, 0.1) is 0 Å². The van der Waals surface area contributed by atoms with Gasteiger partial charge >= 0.3 is 0 Å². The lowest BCUT2D eigenvalue weighted by molar-refractivity contribution is 0.360. The van der Waals surface area contributed by atoms with Crippen LogP contribution in [0.5, 0.6) is 0 Å². The highest BCUT2D eigenvalue weighted by molar-refractivity contribution is 6.83. The Bertz CT molecular complexity index is 371. The van der Waals surface area contributed by atoms with Crippen molar-refractivity contribution in [3.05, 3.63) is 61.9 Å². The molecule has 0 aliphatic carbocycles. The highest BCUT2D eigenvalue weighted by Crippen LogP contribution is 2.16. The normalized spacial score (nSPS) is 12.5. The van der Waals surface area contributed by atoms with Crippen LogP contribution in [0.4, 0.5) is 0 Å². The maximum atomic E-state index is 3.86. The van der Waals surface area contributed by atoms with Gasteiger partial charge in [0.15, 0.2) is 0 Å². The molecule has 0 spiro atoms. The molecule has 0 aromatic carbocycles. The van der Waals surface area contributed by atoms with Crippen LogP contribution in [-0.2, 0) is 0 Å². The number of hydrogen-bond acceptors (Lipinski definition) is 2. The van der Waals surface area contributed by atoms with E-state index in [1.54, 1.807) is 5.20 Å². The van der Waals surface area contributed by atoms with Crippen LogP contribution in [0.2, 0.25) is 19.6 Å². The van der Waals surface area contributed by atoms with E-state index in [2.05, 4.69) is 61.8 Å². The fourth-order valence-corrected chi connectivity index (χ4v) is 3.65. The van der Waals surface area contributed by atoms with Gasteiger partial charge in [-0.2, -0.15) is 0 Å². The number of nitrogens with zero attached hydrogens (tertiary/aromatic N) is 2. The molecule has 0 amide bonds. The van der Waals surface area contributed by atoms with Crippen molar-refractivity contribution in [2.45, 2.75) is 19.6 Å². The third-order valence-corrected chi connectivity index (χ3v) is 5.79. The molecule has 0 radical (unpaired) electrons. The lowest BCUT2D eigenvalue weighted by Gasteiger charge is -2.28. The number of rotatable bonds is 13. The van der Waals surface area contributed by atoms with Gasteiger partial charge in [-0.15, -0.1) is 26.3 Å². The van der Waals surface area contributed by atoms with Gasteiger partial charge in [-0.3, -0.25) is 9.80 Å². The molecule has 22 heavy (non-hydrogen) atoms. The summed E-state index contributed by atoms with van der Waals surface area (Å²) in [5, 5.41) is 1.58. The van der Waals surface area contributed by atoms with Crippen molar-refractivity contribution in [3.8, 4) is 0 Å². The summed E-state index contributed by atoms with van der Waals surface area (Å²) in [5.41, 5.74) is 0. The van der Waals surface area contributed by atoms with Crippen molar-refractivity contribution < 1.29 is 0 Å². The van der Waals surface area contributed by atoms with E-state index in [9.17, 15) is 0 Å². The quantitative estimate of drug-likeness (QED) is 0.372. The van der Waals surface area contributed by atoms with Gasteiger partial charge in [0.05, 0.1) is 8.07 Å². The second-order valence-corrected chi connectivity index (χ2v) is 11.7. The first-order chi connectivity index (χ1) is 10.4. The minimum atomic E-state index is -1.35. The summed E-state index contributed by atoms with van der Waals surface area (Å²) in [6, 6.07) is 0. The second kappa shape index (κ2) is 11.4. The van der Waals surface area contributed by atoms with E-state index in [0.29, 0.717) is 0 Å². The first kappa shape index (κ1) is 20.8. The molecule has 0 aliphatic rings. The molecule has 0 bridgehead atoms. The topological polar surface area (TPSA) is 6.48 Å². The van der Waals surface area contributed by atoms with Gasteiger partial charge in [-0.25, -0.2) is 0 Å². The molecular formula is C19H34N2Si. The van der Waals surface area contributed by atoms with Crippen LogP contribution >= 0.6 is 0 Å². The molecular weight excluding hydrogens is 284 g/mol. The van der Waals surface area contributed by atoms with E-state index < -0.39 is 8.07 Å². The molecule has 0 atom stereocenters. The zero-order valence-electron chi connectivity index (χ0n) is 14.9. The Hall–Kier alpha value is -1.16. The lowest BCUT2D eigenvalue weighted by atomic mass is 10.3. The van der Waals surface area contributed by atoms with Crippen LogP contribution in [-0.4, -0.2) is 57.1 Å². The van der Waals surface area contributed by atoms with E-state index in [1.807, 2.05) is 24.3 Å². The Balaban J connectivity index is 5.04. The zero-order valence-corrected chi connectivity index (χ0v) is 15.9. The molecule has 0 saturated carbocycles. The highest BCUT2D eigenvalue weighted by atomic mass is 28.3. The van der Waals surface area contributed by atoms with Crippen LogP contribution in [0.25, 0.3) is 0 Å². The zero-order chi connectivity index (χ0) is 17.0. The molecule has 0 rings (SSSR count). The summed E-state index contributed by atoms with van der Waals surface area (Å²) in [6.45, 7) is 28.2. The van der Waals surface area contributed by atoms with Crippen molar-refractivity contribution in [1.29, 1.82) is 0 Å². The Labute approximate surface area is 139 Å². The molecule has 0 heterocycles. The molecule has 3 heteroatoms. The van der Waals surface area contributed by atoms with E-state index in [-0.39, 0.29) is 0 Å². The number of hydrogen-bond donors (Lipinski definition) is 0. The van der Waals surface area contributed by atoms with Gasteiger partial charge in [0.2, 0.25) is 0 Å². The summed E-state index contributed by atoms with van der Waals surface area (Å²) in [7, 11) is -1.35. The minimum Gasteiger partial charge on any atom is -0.293 e. The fourth-order valence-electron chi connectivity index (χ4n) is 2.25. The third-order valence-electron chi connectivity index (χ3n) is 3.50. The van der Waals surface area contributed by atoms with E-state index in [4.69, 9.17) is 0 Å². The predicted octanol–water partition coefficient (Wildman–Crippen LogP) is 4.14. The summed E-state index contributed by atoms with van der Waals surface area (Å²) in [4.78, 5) is 4.72. The SMILES string of the molecule is C=CCN(CC=C)C/C=C(/CN(CC=C)CC=C)[Si](C)(C)C. The van der Waals surface area contributed by atoms with E-state index in [0.717, 1.165) is 39.3 Å². The Morgan fingerprint density at radius 3 is 1.50 bits per heavy atom. The van der Waals surface area contributed by atoms with Gasteiger partial charge in [0.25, 0.3) is 0 Å². The van der Waals surface area contributed by atoms with Gasteiger partial charge in [0, 0.05) is 39.3 Å². The second-order valence-electron chi connectivity index (χ2n) is 6.55. The average molecular weight is 319 g/mol. The van der Waals surface area contributed by atoms with Gasteiger partial charge < -0.3 is 0 Å². The maximum Gasteiger partial charge on any atom is 0.0737 e. The maximum absolute atomic E-state index is 3.86. The molecule has 124 valence electrons. The van der Waals surface area contributed by atoms with Gasteiger partial charge in [-0.1, -0.05) is 55.2 Å². The smallest absolute Gasteiger partial charge is 0.0737 e. The predicted molar refractivity (Wildman–Crippen MR) is 105 cm³/mol. The fraction of sp³-hybridized carbons (Fsp3) is 0.474. The molecule has 0 fully saturated rings. The van der Waals surface area contributed by atoms with Crippen LogP contribution in [0.1, 0.15) is 0 Å². The minimum absolute atomic E-state index is 0.893. The Kier molecular flexibility index (Phi) is 10.8. The Morgan fingerprint density at radius 1 is 0.727 bits per heavy atom. The van der Waals surface area contributed by atoms with Crippen molar-refractivity contribution in [3.63, 3.8) is 0 Å². The molecule has 0 N–H and O–H groups in total. The molecule has 0 aromatic rings. The average Bonchev–Trinajstić information content (AvgIpc) is 2.42.